The summed E-state index contributed by atoms with van der Waals surface area (Å²) >= 11 is 1.73. The molecule has 0 bridgehead atoms. The minimum atomic E-state index is 0.701. The molecule has 110 valence electrons. The maximum absolute atomic E-state index is 5.14. The molecule has 19 heavy (non-hydrogen) atoms. The van der Waals surface area contributed by atoms with Crippen LogP contribution in [0.1, 0.15) is 18.2 Å². The highest BCUT2D eigenvalue weighted by Crippen LogP contribution is 2.22. The molecule has 6 heteroatoms. The van der Waals surface area contributed by atoms with Gasteiger partial charge in [0.15, 0.2) is 5.13 Å². The van der Waals surface area contributed by atoms with E-state index in [0.29, 0.717) is 13.2 Å². The largest absolute Gasteiger partial charge is 0.383 e. The minimum Gasteiger partial charge on any atom is -0.383 e. The van der Waals surface area contributed by atoms with E-state index in [-0.39, 0.29) is 0 Å². The van der Waals surface area contributed by atoms with Gasteiger partial charge in [0.05, 0.1) is 13.2 Å². The van der Waals surface area contributed by atoms with Crippen molar-refractivity contribution >= 4 is 16.5 Å². The molecule has 0 amide bonds. The first-order chi connectivity index (χ1) is 9.31. The number of rotatable bonds is 11. The second-order valence-electron chi connectivity index (χ2n) is 4.26. The zero-order valence-electron chi connectivity index (χ0n) is 12.1. The molecule has 0 aliphatic rings. The third kappa shape index (κ3) is 6.33. The molecule has 0 fully saturated rings. The van der Waals surface area contributed by atoms with Crippen molar-refractivity contribution in [2.24, 2.45) is 0 Å². The van der Waals surface area contributed by atoms with Gasteiger partial charge in [0.2, 0.25) is 0 Å². The standard InChI is InChI=1S/C13H25N3O2S/c1-4-5-14-10-12-11-15-13(19-12)16(6-8-17-2)7-9-18-3/h11,14H,4-10H2,1-3H3. The number of ether oxygens (including phenoxy) is 2. The first-order valence-corrected chi connectivity index (χ1v) is 7.51. The highest BCUT2D eigenvalue weighted by atomic mass is 32.1. The van der Waals surface area contributed by atoms with E-state index in [1.165, 1.54) is 4.88 Å². The molecule has 1 aromatic rings. The molecule has 0 atom stereocenters. The summed E-state index contributed by atoms with van der Waals surface area (Å²) in [7, 11) is 3.44. The van der Waals surface area contributed by atoms with Crippen LogP contribution in [0.3, 0.4) is 0 Å². The average molecular weight is 287 g/mol. The Hall–Kier alpha value is -0.690. The van der Waals surface area contributed by atoms with Crippen LogP contribution in [0, 0.1) is 0 Å². The molecule has 0 aromatic carbocycles. The predicted molar refractivity (Wildman–Crippen MR) is 80.1 cm³/mol. The lowest BCUT2D eigenvalue weighted by Gasteiger charge is -2.20. The third-order valence-electron chi connectivity index (χ3n) is 2.67. The molecule has 0 aliphatic carbocycles. The maximum Gasteiger partial charge on any atom is 0.185 e. The van der Waals surface area contributed by atoms with Gasteiger partial charge in [-0.1, -0.05) is 6.92 Å². The Morgan fingerprint density at radius 1 is 1.26 bits per heavy atom. The Bertz CT molecular complexity index is 325. The fraction of sp³-hybridized carbons (Fsp3) is 0.769. The number of hydrogen-bond acceptors (Lipinski definition) is 6. The summed E-state index contributed by atoms with van der Waals surface area (Å²) in [5, 5.41) is 4.44. The number of nitrogens with zero attached hydrogens (tertiary/aromatic N) is 2. The summed E-state index contributed by atoms with van der Waals surface area (Å²) in [6, 6.07) is 0. The van der Waals surface area contributed by atoms with E-state index in [1.54, 1.807) is 25.6 Å². The van der Waals surface area contributed by atoms with Gasteiger partial charge < -0.3 is 19.7 Å². The minimum absolute atomic E-state index is 0.701. The van der Waals surface area contributed by atoms with Crippen molar-refractivity contribution in [2.75, 3.05) is 52.0 Å². The Balaban J connectivity index is 2.51. The highest BCUT2D eigenvalue weighted by Gasteiger charge is 2.10. The Morgan fingerprint density at radius 3 is 2.53 bits per heavy atom. The zero-order chi connectivity index (χ0) is 13.9. The molecule has 1 aromatic heterocycles. The van der Waals surface area contributed by atoms with Crippen LogP contribution in [0.5, 0.6) is 0 Å². The second kappa shape index (κ2) is 10.1. The molecule has 0 aliphatic heterocycles. The normalized spacial score (nSPS) is 10.9. The van der Waals surface area contributed by atoms with E-state index in [0.717, 1.165) is 37.7 Å². The molecular weight excluding hydrogens is 262 g/mol. The third-order valence-corrected chi connectivity index (χ3v) is 3.73. The SMILES string of the molecule is CCCNCc1cnc(N(CCOC)CCOC)s1. The first-order valence-electron chi connectivity index (χ1n) is 6.70. The first kappa shape index (κ1) is 16.4. The van der Waals surface area contributed by atoms with Gasteiger partial charge >= 0.3 is 0 Å². The van der Waals surface area contributed by atoms with E-state index in [1.807, 2.05) is 6.20 Å². The van der Waals surface area contributed by atoms with Crippen LogP contribution in [0.15, 0.2) is 6.20 Å². The Labute approximate surface area is 119 Å². The van der Waals surface area contributed by atoms with Crippen molar-refractivity contribution in [3.63, 3.8) is 0 Å². The lowest BCUT2D eigenvalue weighted by atomic mass is 10.4. The molecule has 0 spiro atoms. The van der Waals surface area contributed by atoms with Crippen molar-refractivity contribution in [1.82, 2.24) is 10.3 Å². The summed E-state index contributed by atoms with van der Waals surface area (Å²) < 4.78 is 10.3. The van der Waals surface area contributed by atoms with Crippen LogP contribution in [0.2, 0.25) is 0 Å². The van der Waals surface area contributed by atoms with Gasteiger partial charge in [0.1, 0.15) is 0 Å². The molecule has 0 unspecified atom stereocenters. The predicted octanol–water partition coefficient (Wildman–Crippen LogP) is 1.74. The number of methoxy groups -OCH3 is 2. The molecule has 1 N–H and O–H groups in total. The smallest absolute Gasteiger partial charge is 0.185 e. The quantitative estimate of drug-likeness (QED) is 0.628. The van der Waals surface area contributed by atoms with Crippen molar-refractivity contribution < 1.29 is 9.47 Å². The monoisotopic (exact) mass is 287 g/mol. The molecule has 1 heterocycles. The van der Waals surface area contributed by atoms with Crippen molar-refractivity contribution in [3.05, 3.63) is 11.1 Å². The lowest BCUT2D eigenvalue weighted by molar-refractivity contribution is 0.190. The molecule has 0 saturated carbocycles. The van der Waals surface area contributed by atoms with Crippen molar-refractivity contribution in [3.8, 4) is 0 Å². The average Bonchev–Trinajstić information content (AvgIpc) is 2.88. The number of nitrogens with one attached hydrogen (secondary N) is 1. The van der Waals surface area contributed by atoms with Crippen LogP contribution in [0.25, 0.3) is 0 Å². The fourth-order valence-electron chi connectivity index (χ4n) is 1.62. The molecule has 5 nitrogen and oxygen atoms in total. The molecular formula is C13H25N3O2S. The fourth-order valence-corrected chi connectivity index (χ4v) is 2.55. The second-order valence-corrected chi connectivity index (χ2v) is 5.35. The lowest BCUT2D eigenvalue weighted by Crippen LogP contribution is -2.30. The van der Waals surface area contributed by atoms with Crippen LogP contribution < -0.4 is 10.2 Å². The van der Waals surface area contributed by atoms with E-state index < -0.39 is 0 Å². The van der Waals surface area contributed by atoms with Gasteiger partial charge in [-0.25, -0.2) is 4.98 Å². The van der Waals surface area contributed by atoms with Crippen molar-refractivity contribution in [1.29, 1.82) is 0 Å². The molecule has 0 radical (unpaired) electrons. The van der Waals surface area contributed by atoms with E-state index >= 15 is 0 Å². The van der Waals surface area contributed by atoms with Crippen LogP contribution in [-0.2, 0) is 16.0 Å². The molecule has 0 saturated heterocycles. The number of anilines is 1. The van der Waals surface area contributed by atoms with Crippen molar-refractivity contribution in [2.45, 2.75) is 19.9 Å². The van der Waals surface area contributed by atoms with Gasteiger partial charge in [-0.2, -0.15) is 0 Å². The Kier molecular flexibility index (Phi) is 8.73. The summed E-state index contributed by atoms with van der Waals surface area (Å²) in [6.45, 7) is 7.20. The van der Waals surface area contributed by atoms with Gasteiger partial charge in [0, 0.05) is 44.9 Å². The van der Waals surface area contributed by atoms with Gasteiger partial charge in [-0.05, 0) is 13.0 Å². The van der Waals surface area contributed by atoms with E-state index in [4.69, 9.17) is 9.47 Å². The summed E-state index contributed by atoms with van der Waals surface area (Å²) in [5.41, 5.74) is 0. The van der Waals surface area contributed by atoms with Gasteiger partial charge in [-0.3, -0.25) is 0 Å². The summed E-state index contributed by atoms with van der Waals surface area (Å²) in [5.74, 6) is 0. The van der Waals surface area contributed by atoms with Gasteiger partial charge in [0.25, 0.3) is 0 Å². The van der Waals surface area contributed by atoms with Gasteiger partial charge in [-0.15, -0.1) is 11.3 Å². The van der Waals surface area contributed by atoms with E-state index in [9.17, 15) is 0 Å². The number of aromatic nitrogens is 1. The topological polar surface area (TPSA) is 46.6 Å². The highest BCUT2D eigenvalue weighted by molar-refractivity contribution is 7.15. The number of thiazole rings is 1. The van der Waals surface area contributed by atoms with E-state index in [2.05, 4.69) is 22.1 Å². The molecule has 1 rings (SSSR count). The number of hydrogen-bond donors (Lipinski definition) is 1. The van der Waals surface area contributed by atoms with Crippen LogP contribution in [-0.4, -0.2) is 52.1 Å². The summed E-state index contributed by atoms with van der Waals surface area (Å²) in [6.07, 6.45) is 3.11. The van der Waals surface area contributed by atoms with Crippen LogP contribution >= 0.6 is 11.3 Å². The zero-order valence-corrected chi connectivity index (χ0v) is 13.0. The maximum atomic E-state index is 5.14. The Morgan fingerprint density at radius 2 is 1.95 bits per heavy atom. The van der Waals surface area contributed by atoms with Crippen LogP contribution in [0.4, 0.5) is 5.13 Å². The summed E-state index contributed by atoms with van der Waals surface area (Å²) in [4.78, 5) is 7.97.